The third-order valence-corrected chi connectivity index (χ3v) is 4.46. The molecule has 3 heterocycles. The van der Waals surface area contributed by atoms with Gasteiger partial charge in [0.15, 0.2) is 0 Å². The van der Waals surface area contributed by atoms with E-state index in [4.69, 9.17) is 4.74 Å². The zero-order valence-corrected chi connectivity index (χ0v) is 14.1. The standard InChI is InChI=1S/C20H15FN4O/c1-26-17-3-2-13(21)10-15(17)14-6-9-24-20-18(14)16(11-22)19(25-20)12-4-7-23-8-5-12/h2-4,6,8-10H,5,7H2,1H3,(H,24,25). The highest BCUT2D eigenvalue weighted by molar-refractivity contribution is 6.02. The number of nitrogens with zero attached hydrogens (tertiary/aromatic N) is 3. The second-order valence-electron chi connectivity index (χ2n) is 5.89. The van der Waals surface area contributed by atoms with Crippen molar-refractivity contribution in [3.8, 4) is 22.9 Å². The second kappa shape index (κ2) is 6.45. The highest BCUT2D eigenvalue weighted by Gasteiger charge is 2.21. The number of nitriles is 1. The molecule has 1 aromatic carbocycles. The Morgan fingerprint density at radius 3 is 2.88 bits per heavy atom. The molecule has 26 heavy (non-hydrogen) atoms. The Hall–Kier alpha value is -3.46. The number of ether oxygens (including phenoxy) is 1. The van der Waals surface area contributed by atoms with Crippen molar-refractivity contribution in [1.82, 2.24) is 9.97 Å². The van der Waals surface area contributed by atoms with Crippen molar-refractivity contribution in [1.29, 1.82) is 5.26 Å². The zero-order valence-electron chi connectivity index (χ0n) is 14.1. The molecule has 1 aliphatic rings. The third-order valence-electron chi connectivity index (χ3n) is 4.46. The number of benzene rings is 1. The van der Waals surface area contributed by atoms with Crippen LogP contribution in [0.1, 0.15) is 17.7 Å². The molecule has 0 bridgehead atoms. The number of hydrogen-bond acceptors (Lipinski definition) is 4. The molecule has 0 radical (unpaired) electrons. The molecule has 6 heteroatoms. The van der Waals surface area contributed by atoms with Crippen LogP contribution in [-0.4, -0.2) is 29.8 Å². The lowest BCUT2D eigenvalue weighted by molar-refractivity contribution is 0.415. The van der Waals surface area contributed by atoms with Gasteiger partial charge in [0.2, 0.25) is 0 Å². The highest BCUT2D eigenvalue weighted by atomic mass is 19.1. The molecule has 1 N–H and O–H groups in total. The van der Waals surface area contributed by atoms with Gasteiger partial charge in [0.05, 0.1) is 24.9 Å². The van der Waals surface area contributed by atoms with Gasteiger partial charge in [0.25, 0.3) is 0 Å². The number of rotatable bonds is 3. The number of dihydropyridines is 1. The van der Waals surface area contributed by atoms with Gasteiger partial charge in [0, 0.05) is 29.8 Å². The van der Waals surface area contributed by atoms with E-state index in [0.29, 0.717) is 46.4 Å². The summed E-state index contributed by atoms with van der Waals surface area (Å²) in [5.74, 6) is 0.167. The lowest BCUT2D eigenvalue weighted by Crippen LogP contribution is -1.96. The van der Waals surface area contributed by atoms with Gasteiger partial charge < -0.3 is 9.72 Å². The molecule has 0 spiro atoms. The number of aromatic amines is 1. The molecule has 0 amide bonds. The van der Waals surface area contributed by atoms with Crippen molar-refractivity contribution in [2.75, 3.05) is 13.7 Å². The maximum atomic E-state index is 13.9. The average molecular weight is 346 g/mol. The van der Waals surface area contributed by atoms with E-state index in [-0.39, 0.29) is 5.82 Å². The maximum absolute atomic E-state index is 13.9. The summed E-state index contributed by atoms with van der Waals surface area (Å²) in [5, 5.41) is 10.5. The maximum Gasteiger partial charge on any atom is 0.139 e. The Labute approximate surface area is 149 Å². The molecule has 2 aromatic heterocycles. The number of allylic oxidation sites excluding steroid dienone is 1. The van der Waals surface area contributed by atoms with E-state index in [1.807, 2.05) is 12.3 Å². The Morgan fingerprint density at radius 1 is 1.27 bits per heavy atom. The number of aromatic nitrogens is 2. The van der Waals surface area contributed by atoms with Crippen LogP contribution in [0.2, 0.25) is 0 Å². The molecule has 0 atom stereocenters. The van der Waals surface area contributed by atoms with Crippen molar-refractivity contribution in [3.63, 3.8) is 0 Å². The number of nitrogens with one attached hydrogen (secondary N) is 1. The smallest absolute Gasteiger partial charge is 0.139 e. The summed E-state index contributed by atoms with van der Waals surface area (Å²) >= 11 is 0. The minimum atomic E-state index is -0.369. The lowest BCUT2D eigenvalue weighted by atomic mass is 9.97. The Bertz CT molecular complexity index is 1100. The first-order valence-corrected chi connectivity index (χ1v) is 8.15. The van der Waals surface area contributed by atoms with Crippen LogP contribution in [0.5, 0.6) is 5.75 Å². The van der Waals surface area contributed by atoms with Gasteiger partial charge in [-0.1, -0.05) is 6.08 Å². The summed E-state index contributed by atoms with van der Waals surface area (Å²) in [6.07, 6.45) is 6.13. The summed E-state index contributed by atoms with van der Waals surface area (Å²) in [7, 11) is 1.54. The van der Waals surface area contributed by atoms with Gasteiger partial charge in [-0.25, -0.2) is 9.37 Å². The van der Waals surface area contributed by atoms with Crippen molar-refractivity contribution in [2.24, 2.45) is 4.99 Å². The van der Waals surface area contributed by atoms with Crippen LogP contribution in [0.15, 0.2) is 41.5 Å². The van der Waals surface area contributed by atoms with E-state index in [1.165, 1.54) is 19.2 Å². The number of H-pyrrole nitrogens is 1. The van der Waals surface area contributed by atoms with E-state index in [2.05, 4.69) is 21.0 Å². The van der Waals surface area contributed by atoms with Crippen LogP contribution >= 0.6 is 0 Å². The van der Waals surface area contributed by atoms with E-state index < -0.39 is 0 Å². The van der Waals surface area contributed by atoms with Crippen molar-refractivity contribution in [2.45, 2.75) is 6.42 Å². The summed E-state index contributed by atoms with van der Waals surface area (Å²) < 4.78 is 19.3. The molecule has 0 saturated carbocycles. The number of aliphatic imine (C=N–C) groups is 1. The van der Waals surface area contributed by atoms with Gasteiger partial charge in [0.1, 0.15) is 23.3 Å². The molecule has 0 fully saturated rings. The Balaban J connectivity index is 2.01. The predicted octanol–water partition coefficient (Wildman–Crippen LogP) is 4.11. The molecule has 1 aliphatic heterocycles. The van der Waals surface area contributed by atoms with Gasteiger partial charge in [-0.15, -0.1) is 0 Å². The third kappa shape index (κ3) is 2.54. The summed E-state index contributed by atoms with van der Waals surface area (Å²) in [6, 6.07) is 8.40. The van der Waals surface area contributed by atoms with Crippen molar-refractivity contribution >= 4 is 22.8 Å². The lowest BCUT2D eigenvalue weighted by Gasteiger charge is -2.10. The Morgan fingerprint density at radius 2 is 2.15 bits per heavy atom. The number of pyridine rings is 1. The van der Waals surface area contributed by atoms with E-state index in [1.54, 1.807) is 18.3 Å². The quantitative estimate of drug-likeness (QED) is 0.775. The Kier molecular flexibility index (Phi) is 3.98. The van der Waals surface area contributed by atoms with Gasteiger partial charge in [-0.05, 0) is 35.4 Å². The first kappa shape index (κ1) is 16.0. The summed E-state index contributed by atoms with van der Waals surface area (Å²) in [4.78, 5) is 11.8. The summed E-state index contributed by atoms with van der Waals surface area (Å²) in [5.41, 5.74) is 4.12. The predicted molar refractivity (Wildman–Crippen MR) is 98.7 cm³/mol. The van der Waals surface area contributed by atoms with Crippen LogP contribution in [0.25, 0.3) is 27.7 Å². The fraction of sp³-hybridized carbons (Fsp3) is 0.150. The monoisotopic (exact) mass is 346 g/mol. The van der Waals surface area contributed by atoms with Crippen LogP contribution in [-0.2, 0) is 0 Å². The van der Waals surface area contributed by atoms with Gasteiger partial charge in [-0.2, -0.15) is 5.26 Å². The zero-order chi connectivity index (χ0) is 18.1. The van der Waals surface area contributed by atoms with E-state index in [0.717, 1.165) is 11.3 Å². The molecule has 0 unspecified atom stereocenters. The largest absolute Gasteiger partial charge is 0.496 e. The minimum absolute atomic E-state index is 0.369. The number of halogens is 1. The summed E-state index contributed by atoms with van der Waals surface area (Å²) in [6.45, 7) is 0.591. The molecular formula is C20H15FN4O. The van der Waals surface area contributed by atoms with Crippen LogP contribution in [0.3, 0.4) is 0 Å². The molecule has 4 rings (SSSR count). The average Bonchev–Trinajstić information content (AvgIpc) is 3.07. The van der Waals surface area contributed by atoms with Crippen LogP contribution in [0, 0.1) is 17.1 Å². The SMILES string of the molecule is COc1ccc(F)cc1-c1ccnc2[nH]c(C3=CCN=CC3)c(C#N)c12. The van der Waals surface area contributed by atoms with Gasteiger partial charge >= 0.3 is 0 Å². The first-order chi connectivity index (χ1) is 12.7. The number of fused-ring (bicyclic) bond motifs is 1. The molecule has 5 nitrogen and oxygen atoms in total. The topological polar surface area (TPSA) is 74.1 Å². The number of methoxy groups -OCH3 is 1. The molecule has 0 saturated heterocycles. The fourth-order valence-electron chi connectivity index (χ4n) is 3.27. The van der Waals surface area contributed by atoms with Crippen molar-refractivity contribution < 1.29 is 9.13 Å². The molecular weight excluding hydrogens is 331 g/mol. The van der Waals surface area contributed by atoms with E-state index in [9.17, 15) is 9.65 Å². The van der Waals surface area contributed by atoms with Crippen LogP contribution in [0.4, 0.5) is 4.39 Å². The minimum Gasteiger partial charge on any atom is -0.496 e. The normalized spacial score (nSPS) is 13.5. The highest BCUT2D eigenvalue weighted by Crippen LogP contribution is 2.38. The molecule has 128 valence electrons. The van der Waals surface area contributed by atoms with Crippen LogP contribution < -0.4 is 4.74 Å². The van der Waals surface area contributed by atoms with E-state index >= 15 is 0 Å². The fourth-order valence-corrected chi connectivity index (χ4v) is 3.27. The molecule has 0 aliphatic carbocycles. The van der Waals surface area contributed by atoms with Crippen molar-refractivity contribution in [3.05, 3.63) is 53.6 Å². The number of hydrogen-bond donors (Lipinski definition) is 1. The van der Waals surface area contributed by atoms with Gasteiger partial charge in [-0.3, -0.25) is 4.99 Å². The molecule has 3 aromatic rings. The second-order valence-corrected chi connectivity index (χ2v) is 5.89. The first-order valence-electron chi connectivity index (χ1n) is 8.15.